The second-order valence-corrected chi connectivity index (χ2v) is 6.01. The Kier molecular flexibility index (Phi) is 7.64. The van der Waals surface area contributed by atoms with Gasteiger partial charge in [-0.25, -0.2) is 0 Å². The maximum atomic E-state index is 11.6. The van der Waals surface area contributed by atoms with Crippen molar-refractivity contribution in [1.29, 1.82) is 0 Å². The smallest absolute Gasteiger partial charge is 0.309 e. The zero-order valence-corrected chi connectivity index (χ0v) is 12.5. The first-order chi connectivity index (χ1) is 8.22. The van der Waals surface area contributed by atoms with Crippen LogP contribution in [0.1, 0.15) is 54.4 Å². The first-order valence-corrected chi connectivity index (χ1v) is 6.83. The van der Waals surface area contributed by atoms with Crippen LogP contribution in [0.2, 0.25) is 0 Å². The summed E-state index contributed by atoms with van der Waals surface area (Å²) in [5.41, 5.74) is 0. The fourth-order valence-corrected chi connectivity index (χ4v) is 2.11. The molecule has 2 amide bonds. The molecular formula is C14H28N2O2. The van der Waals surface area contributed by atoms with E-state index in [1.54, 1.807) is 0 Å². The Morgan fingerprint density at radius 1 is 0.722 bits per heavy atom. The van der Waals surface area contributed by atoms with E-state index in [1.807, 2.05) is 13.8 Å². The molecule has 0 bridgehead atoms. The molecule has 0 aliphatic heterocycles. The fourth-order valence-electron chi connectivity index (χ4n) is 2.11. The van der Waals surface area contributed by atoms with Crippen LogP contribution in [0.5, 0.6) is 0 Å². The molecule has 18 heavy (non-hydrogen) atoms. The quantitative estimate of drug-likeness (QED) is 0.715. The van der Waals surface area contributed by atoms with Crippen LogP contribution < -0.4 is 10.6 Å². The first kappa shape index (κ1) is 16.9. The number of hydrogen-bond donors (Lipinski definition) is 2. The van der Waals surface area contributed by atoms with Crippen LogP contribution in [0.15, 0.2) is 0 Å². The summed E-state index contributed by atoms with van der Waals surface area (Å²) in [4.78, 5) is 23.3. The Labute approximate surface area is 111 Å². The zero-order valence-electron chi connectivity index (χ0n) is 12.5. The van der Waals surface area contributed by atoms with Crippen LogP contribution in [-0.2, 0) is 9.59 Å². The lowest BCUT2D eigenvalue weighted by molar-refractivity contribution is -0.140. The molecule has 0 saturated heterocycles. The summed E-state index contributed by atoms with van der Waals surface area (Å²) in [5.74, 6) is -0.0519. The van der Waals surface area contributed by atoms with Gasteiger partial charge in [-0.1, -0.05) is 27.7 Å². The van der Waals surface area contributed by atoms with Crippen LogP contribution >= 0.6 is 0 Å². The summed E-state index contributed by atoms with van der Waals surface area (Å²) in [7, 11) is 0. The average Bonchev–Trinajstić information content (AvgIpc) is 2.13. The third-order valence-electron chi connectivity index (χ3n) is 2.61. The lowest BCUT2D eigenvalue weighted by Gasteiger charge is -2.18. The molecule has 0 aliphatic rings. The van der Waals surface area contributed by atoms with Crippen LogP contribution in [-0.4, -0.2) is 23.9 Å². The van der Waals surface area contributed by atoms with Gasteiger partial charge < -0.3 is 10.6 Å². The molecule has 4 heteroatoms. The van der Waals surface area contributed by atoms with Gasteiger partial charge >= 0.3 is 11.8 Å². The number of rotatable bonds is 6. The largest absolute Gasteiger partial charge is 0.345 e. The van der Waals surface area contributed by atoms with Gasteiger partial charge in [-0.15, -0.1) is 0 Å². The third-order valence-corrected chi connectivity index (χ3v) is 2.61. The van der Waals surface area contributed by atoms with Gasteiger partial charge in [0.1, 0.15) is 0 Å². The molecule has 106 valence electrons. The standard InChI is InChI=1S/C14H28N2O2/c1-9(2)7-11(5)15-13(17)14(18)16-12(6)8-10(3)4/h9-12H,7-8H2,1-6H3,(H,15,17)(H,16,18). The lowest BCUT2D eigenvalue weighted by atomic mass is 10.0. The molecule has 0 aromatic heterocycles. The highest BCUT2D eigenvalue weighted by Gasteiger charge is 2.18. The number of nitrogens with one attached hydrogen (secondary N) is 2. The molecule has 2 N–H and O–H groups in total. The molecule has 0 fully saturated rings. The Morgan fingerprint density at radius 3 is 1.22 bits per heavy atom. The second-order valence-electron chi connectivity index (χ2n) is 6.01. The Balaban J connectivity index is 4.07. The van der Waals surface area contributed by atoms with E-state index in [4.69, 9.17) is 0 Å². The second kappa shape index (κ2) is 8.11. The maximum Gasteiger partial charge on any atom is 0.309 e. The topological polar surface area (TPSA) is 58.2 Å². The Hall–Kier alpha value is -1.06. The van der Waals surface area contributed by atoms with E-state index >= 15 is 0 Å². The Morgan fingerprint density at radius 2 is 1.00 bits per heavy atom. The van der Waals surface area contributed by atoms with Crippen molar-refractivity contribution in [2.24, 2.45) is 11.8 Å². The van der Waals surface area contributed by atoms with Gasteiger partial charge in [0.25, 0.3) is 0 Å². The number of carbonyl (C=O) groups is 2. The molecule has 0 heterocycles. The molecule has 0 aliphatic carbocycles. The highest BCUT2D eigenvalue weighted by atomic mass is 16.2. The van der Waals surface area contributed by atoms with Crippen LogP contribution in [0.4, 0.5) is 0 Å². The van der Waals surface area contributed by atoms with Crippen molar-refractivity contribution in [1.82, 2.24) is 10.6 Å². The Bertz CT molecular complexity index is 247. The van der Waals surface area contributed by atoms with Gasteiger partial charge in [-0.2, -0.15) is 0 Å². The van der Waals surface area contributed by atoms with Crippen molar-refractivity contribution in [3.8, 4) is 0 Å². The summed E-state index contributed by atoms with van der Waals surface area (Å²) in [6, 6.07) is 0.0623. The molecule has 4 nitrogen and oxygen atoms in total. The van der Waals surface area contributed by atoms with Gasteiger partial charge in [0, 0.05) is 12.1 Å². The minimum absolute atomic E-state index is 0.0312. The van der Waals surface area contributed by atoms with Crippen molar-refractivity contribution in [2.45, 2.75) is 66.5 Å². The molecule has 0 aromatic rings. The van der Waals surface area contributed by atoms with Crippen molar-refractivity contribution in [3.05, 3.63) is 0 Å². The first-order valence-electron chi connectivity index (χ1n) is 6.83. The molecule has 2 atom stereocenters. The molecular weight excluding hydrogens is 228 g/mol. The van der Waals surface area contributed by atoms with Gasteiger partial charge in [0.15, 0.2) is 0 Å². The summed E-state index contributed by atoms with van der Waals surface area (Å²) in [5, 5.41) is 5.44. The van der Waals surface area contributed by atoms with Crippen LogP contribution in [0, 0.1) is 11.8 Å². The normalized spacial score (nSPS) is 14.4. The monoisotopic (exact) mass is 256 g/mol. The maximum absolute atomic E-state index is 11.6. The molecule has 0 aromatic carbocycles. The molecule has 0 spiro atoms. The highest BCUT2D eigenvalue weighted by molar-refractivity contribution is 6.35. The van der Waals surface area contributed by atoms with Gasteiger partial charge in [0.2, 0.25) is 0 Å². The van der Waals surface area contributed by atoms with Crippen LogP contribution in [0.25, 0.3) is 0 Å². The third kappa shape index (κ3) is 8.09. The fraction of sp³-hybridized carbons (Fsp3) is 0.857. The molecule has 0 rings (SSSR count). The van der Waals surface area contributed by atoms with Crippen molar-refractivity contribution in [2.75, 3.05) is 0 Å². The lowest BCUT2D eigenvalue weighted by Crippen LogP contribution is -2.46. The van der Waals surface area contributed by atoms with Crippen LogP contribution in [0.3, 0.4) is 0 Å². The summed E-state index contributed by atoms with van der Waals surface area (Å²) in [6.45, 7) is 12.2. The van der Waals surface area contributed by atoms with E-state index in [-0.39, 0.29) is 12.1 Å². The van der Waals surface area contributed by atoms with E-state index in [9.17, 15) is 9.59 Å². The van der Waals surface area contributed by atoms with E-state index in [0.717, 1.165) is 12.8 Å². The van der Waals surface area contributed by atoms with Gasteiger partial charge in [0.05, 0.1) is 0 Å². The van der Waals surface area contributed by atoms with Gasteiger partial charge in [-0.3, -0.25) is 9.59 Å². The minimum atomic E-state index is -0.529. The summed E-state index contributed by atoms with van der Waals surface area (Å²) < 4.78 is 0. The predicted octanol–water partition coefficient (Wildman–Crippen LogP) is 2.09. The average molecular weight is 256 g/mol. The summed E-state index contributed by atoms with van der Waals surface area (Å²) in [6.07, 6.45) is 1.75. The molecule has 0 saturated carbocycles. The molecule has 2 unspecified atom stereocenters. The van der Waals surface area contributed by atoms with E-state index in [2.05, 4.69) is 38.3 Å². The summed E-state index contributed by atoms with van der Waals surface area (Å²) >= 11 is 0. The minimum Gasteiger partial charge on any atom is -0.345 e. The zero-order chi connectivity index (χ0) is 14.3. The number of hydrogen-bond acceptors (Lipinski definition) is 2. The van der Waals surface area contributed by atoms with E-state index in [0.29, 0.717) is 11.8 Å². The van der Waals surface area contributed by atoms with Crippen molar-refractivity contribution < 1.29 is 9.59 Å². The number of carbonyl (C=O) groups excluding carboxylic acids is 2. The van der Waals surface area contributed by atoms with E-state index in [1.165, 1.54) is 0 Å². The van der Waals surface area contributed by atoms with E-state index < -0.39 is 11.8 Å². The number of amides is 2. The van der Waals surface area contributed by atoms with Gasteiger partial charge in [-0.05, 0) is 38.5 Å². The highest BCUT2D eigenvalue weighted by Crippen LogP contribution is 2.05. The molecule has 0 radical (unpaired) electrons. The van der Waals surface area contributed by atoms with Crippen molar-refractivity contribution >= 4 is 11.8 Å². The predicted molar refractivity (Wildman–Crippen MR) is 74.1 cm³/mol. The van der Waals surface area contributed by atoms with Crippen molar-refractivity contribution in [3.63, 3.8) is 0 Å². The SMILES string of the molecule is CC(C)CC(C)NC(=O)C(=O)NC(C)CC(C)C.